The molecule has 0 aliphatic rings. The highest BCUT2D eigenvalue weighted by atomic mass is 16.3. The largest absolute Gasteiger partial charge is 0.456 e. The summed E-state index contributed by atoms with van der Waals surface area (Å²) >= 11 is 0. The van der Waals surface area contributed by atoms with E-state index in [9.17, 15) is 0 Å². The average molecular weight is 576 g/mol. The van der Waals surface area contributed by atoms with E-state index in [1.54, 1.807) is 0 Å². The van der Waals surface area contributed by atoms with E-state index in [4.69, 9.17) is 19.4 Å². The van der Waals surface area contributed by atoms with Crippen LogP contribution in [-0.4, -0.2) is 15.0 Å². The molecule has 0 unspecified atom stereocenters. The Bertz CT molecular complexity index is 2530. The third-order valence-corrected chi connectivity index (χ3v) is 8.53. The summed E-state index contributed by atoms with van der Waals surface area (Å²) in [5.41, 5.74) is 6.96. The van der Waals surface area contributed by atoms with Gasteiger partial charge in [0.05, 0.1) is 0 Å². The number of nitrogens with zero attached hydrogens (tertiary/aromatic N) is 3. The predicted octanol–water partition coefficient (Wildman–Crippen LogP) is 10.7. The maximum atomic E-state index is 6.16. The van der Waals surface area contributed by atoms with Gasteiger partial charge >= 0.3 is 0 Å². The Hall–Kier alpha value is -6.13. The minimum atomic E-state index is 0.642. The van der Waals surface area contributed by atoms with Crippen LogP contribution in [0.15, 0.2) is 156 Å². The van der Waals surface area contributed by atoms with Crippen molar-refractivity contribution in [3.05, 3.63) is 152 Å². The number of furan rings is 1. The molecule has 0 atom stereocenters. The molecule has 0 saturated carbocycles. The standard InChI is InChI=1S/C41H25N3O/c1-2-10-28(11-3-1)39-42-40(44-41(43-39)31-22-17-26-9-4-5-12-30(26)25-31)29-20-18-27(19-21-29)32-14-8-15-34-33(32)23-24-37-38(34)35-13-6-7-16-36(35)45-37/h1-25H. The summed E-state index contributed by atoms with van der Waals surface area (Å²) in [6.07, 6.45) is 0. The second kappa shape index (κ2) is 10.2. The predicted molar refractivity (Wildman–Crippen MR) is 184 cm³/mol. The van der Waals surface area contributed by atoms with Gasteiger partial charge in [-0.05, 0) is 50.9 Å². The summed E-state index contributed by atoms with van der Waals surface area (Å²) in [5, 5.41) is 7.00. The summed E-state index contributed by atoms with van der Waals surface area (Å²) < 4.78 is 6.16. The van der Waals surface area contributed by atoms with Crippen LogP contribution in [0.4, 0.5) is 0 Å². The zero-order valence-corrected chi connectivity index (χ0v) is 24.2. The smallest absolute Gasteiger partial charge is 0.164 e. The number of benzene rings is 7. The average Bonchev–Trinajstić information content (AvgIpc) is 3.51. The highest BCUT2D eigenvalue weighted by molar-refractivity contribution is 6.20. The fraction of sp³-hybridized carbons (Fsp3) is 0. The van der Waals surface area contributed by atoms with Crippen molar-refractivity contribution < 1.29 is 4.42 Å². The Morgan fingerprint density at radius 3 is 1.80 bits per heavy atom. The van der Waals surface area contributed by atoms with Crippen LogP contribution in [0.2, 0.25) is 0 Å². The molecule has 9 rings (SSSR count). The molecule has 7 aromatic carbocycles. The normalized spacial score (nSPS) is 11.6. The molecule has 0 aliphatic carbocycles. The highest BCUT2D eigenvalue weighted by Crippen LogP contribution is 2.38. The number of aromatic nitrogens is 3. The van der Waals surface area contributed by atoms with Crippen LogP contribution in [0.25, 0.3) is 88.8 Å². The molecule has 0 bridgehead atoms. The molecule has 0 fully saturated rings. The first-order valence-electron chi connectivity index (χ1n) is 15.0. The summed E-state index contributed by atoms with van der Waals surface area (Å²) in [7, 11) is 0. The number of para-hydroxylation sites is 1. The third-order valence-electron chi connectivity index (χ3n) is 8.53. The van der Waals surface area contributed by atoms with E-state index in [2.05, 4.69) is 109 Å². The fourth-order valence-electron chi connectivity index (χ4n) is 6.31. The lowest BCUT2D eigenvalue weighted by Gasteiger charge is -2.11. The van der Waals surface area contributed by atoms with E-state index < -0.39 is 0 Å². The van der Waals surface area contributed by atoms with Crippen molar-refractivity contribution in [1.29, 1.82) is 0 Å². The van der Waals surface area contributed by atoms with Crippen molar-refractivity contribution in [3.8, 4) is 45.3 Å². The van der Waals surface area contributed by atoms with Crippen LogP contribution >= 0.6 is 0 Å². The molecule has 0 radical (unpaired) electrons. The third kappa shape index (κ3) is 4.35. The van der Waals surface area contributed by atoms with Crippen LogP contribution < -0.4 is 0 Å². The van der Waals surface area contributed by atoms with E-state index in [1.165, 1.54) is 21.7 Å². The Kier molecular flexibility index (Phi) is 5.78. The molecule has 4 nitrogen and oxygen atoms in total. The van der Waals surface area contributed by atoms with Gasteiger partial charge in [0, 0.05) is 27.5 Å². The van der Waals surface area contributed by atoms with E-state index in [-0.39, 0.29) is 0 Å². The van der Waals surface area contributed by atoms with Gasteiger partial charge in [-0.3, -0.25) is 0 Å². The van der Waals surface area contributed by atoms with Crippen molar-refractivity contribution in [2.24, 2.45) is 0 Å². The van der Waals surface area contributed by atoms with Gasteiger partial charge in [0.25, 0.3) is 0 Å². The first kappa shape index (κ1) is 25.4. The summed E-state index contributed by atoms with van der Waals surface area (Å²) in [4.78, 5) is 14.8. The van der Waals surface area contributed by atoms with E-state index in [0.29, 0.717) is 17.5 Å². The molecule has 0 amide bonds. The van der Waals surface area contributed by atoms with Crippen molar-refractivity contribution in [2.75, 3.05) is 0 Å². The Labute approximate surface area is 259 Å². The number of hydrogen-bond acceptors (Lipinski definition) is 4. The highest BCUT2D eigenvalue weighted by Gasteiger charge is 2.15. The Morgan fingerprint density at radius 1 is 0.356 bits per heavy atom. The van der Waals surface area contributed by atoms with Crippen molar-refractivity contribution >= 4 is 43.5 Å². The minimum absolute atomic E-state index is 0.642. The molecule has 0 spiro atoms. The Morgan fingerprint density at radius 2 is 0.978 bits per heavy atom. The van der Waals surface area contributed by atoms with Crippen LogP contribution in [0.5, 0.6) is 0 Å². The molecule has 45 heavy (non-hydrogen) atoms. The lowest BCUT2D eigenvalue weighted by Crippen LogP contribution is -2.00. The van der Waals surface area contributed by atoms with Crippen LogP contribution in [0, 0.1) is 0 Å². The van der Waals surface area contributed by atoms with Gasteiger partial charge in [-0.2, -0.15) is 0 Å². The fourth-order valence-corrected chi connectivity index (χ4v) is 6.31. The molecule has 210 valence electrons. The van der Waals surface area contributed by atoms with Gasteiger partial charge in [-0.1, -0.05) is 133 Å². The zero-order chi connectivity index (χ0) is 29.7. The van der Waals surface area contributed by atoms with Gasteiger partial charge in [0.1, 0.15) is 11.2 Å². The summed E-state index contributed by atoms with van der Waals surface area (Å²) in [6, 6.07) is 52.3. The van der Waals surface area contributed by atoms with Gasteiger partial charge in [-0.15, -0.1) is 0 Å². The second-order valence-electron chi connectivity index (χ2n) is 11.2. The quantitative estimate of drug-likeness (QED) is 0.209. The molecule has 4 heteroatoms. The molecular formula is C41H25N3O. The van der Waals surface area contributed by atoms with Crippen LogP contribution in [-0.2, 0) is 0 Å². The maximum absolute atomic E-state index is 6.16. The topological polar surface area (TPSA) is 51.8 Å². The van der Waals surface area contributed by atoms with Gasteiger partial charge in [0.2, 0.25) is 0 Å². The van der Waals surface area contributed by atoms with E-state index >= 15 is 0 Å². The molecule has 2 aromatic heterocycles. The monoisotopic (exact) mass is 575 g/mol. The van der Waals surface area contributed by atoms with Gasteiger partial charge in [0.15, 0.2) is 17.5 Å². The molecule has 0 aliphatic heterocycles. The van der Waals surface area contributed by atoms with E-state index in [1.807, 2.05) is 42.5 Å². The van der Waals surface area contributed by atoms with E-state index in [0.717, 1.165) is 49.6 Å². The van der Waals surface area contributed by atoms with Gasteiger partial charge < -0.3 is 4.42 Å². The first-order chi connectivity index (χ1) is 22.3. The molecule has 2 heterocycles. The number of hydrogen-bond donors (Lipinski definition) is 0. The number of rotatable bonds is 4. The van der Waals surface area contributed by atoms with Gasteiger partial charge in [-0.25, -0.2) is 15.0 Å². The summed E-state index contributed by atoms with van der Waals surface area (Å²) in [5.74, 6) is 1.94. The molecule has 0 N–H and O–H groups in total. The molecule has 9 aromatic rings. The Balaban J connectivity index is 1.16. The minimum Gasteiger partial charge on any atom is -0.456 e. The lowest BCUT2D eigenvalue weighted by molar-refractivity contribution is 0.669. The number of fused-ring (bicyclic) bond motifs is 6. The second-order valence-corrected chi connectivity index (χ2v) is 11.2. The molecule has 0 saturated heterocycles. The SMILES string of the molecule is c1ccc(-c2nc(-c3ccc(-c4cccc5c4ccc4oc6ccccc6c45)cc3)nc(-c3ccc4ccccc4c3)n2)cc1. The maximum Gasteiger partial charge on any atom is 0.164 e. The molecular weight excluding hydrogens is 550 g/mol. The van der Waals surface area contributed by atoms with Crippen molar-refractivity contribution in [3.63, 3.8) is 0 Å². The zero-order valence-electron chi connectivity index (χ0n) is 24.2. The van der Waals surface area contributed by atoms with Crippen LogP contribution in [0.3, 0.4) is 0 Å². The van der Waals surface area contributed by atoms with Crippen molar-refractivity contribution in [1.82, 2.24) is 15.0 Å². The lowest BCUT2D eigenvalue weighted by atomic mass is 9.95. The summed E-state index contributed by atoms with van der Waals surface area (Å²) in [6.45, 7) is 0. The van der Waals surface area contributed by atoms with Crippen molar-refractivity contribution in [2.45, 2.75) is 0 Å². The van der Waals surface area contributed by atoms with Crippen LogP contribution in [0.1, 0.15) is 0 Å². The first-order valence-corrected chi connectivity index (χ1v) is 15.0.